The third-order valence-corrected chi connectivity index (χ3v) is 3.40. The highest BCUT2D eigenvalue weighted by molar-refractivity contribution is 5.79. The van der Waals surface area contributed by atoms with Crippen molar-refractivity contribution < 1.29 is 9.47 Å². The molecule has 0 saturated carbocycles. The summed E-state index contributed by atoms with van der Waals surface area (Å²) in [5.74, 6) is 1.38. The number of aliphatic imine (C=N–C) groups is 1. The van der Waals surface area contributed by atoms with Crippen LogP contribution in [-0.4, -0.2) is 37.8 Å². The smallest absolute Gasteiger partial charge is 0.213 e. The topological polar surface area (TPSA) is 67.8 Å². The Labute approximate surface area is 149 Å². The molecule has 0 aliphatic carbocycles. The number of pyridine rings is 1. The van der Waals surface area contributed by atoms with Crippen LogP contribution in [-0.2, 0) is 17.8 Å². The van der Waals surface area contributed by atoms with Crippen LogP contribution in [0, 0.1) is 0 Å². The van der Waals surface area contributed by atoms with Crippen molar-refractivity contribution in [2.24, 2.45) is 4.99 Å². The van der Waals surface area contributed by atoms with Gasteiger partial charge in [0, 0.05) is 32.5 Å². The van der Waals surface area contributed by atoms with E-state index in [4.69, 9.17) is 9.47 Å². The molecule has 6 heteroatoms. The molecule has 2 N–H and O–H groups in total. The number of guanidine groups is 1. The Morgan fingerprint density at radius 3 is 2.56 bits per heavy atom. The van der Waals surface area contributed by atoms with Gasteiger partial charge in [0.25, 0.3) is 0 Å². The zero-order chi connectivity index (χ0) is 17.7. The van der Waals surface area contributed by atoms with Crippen LogP contribution >= 0.6 is 0 Å². The highest BCUT2D eigenvalue weighted by Gasteiger charge is 2.00. The van der Waals surface area contributed by atoms with Gasteiger partial charge in [-0.3, -0.25) is 0 Å². The van der Waals surface area contributed by atoms with Crippen molar-refractivity contribution in [1.29, 1.82) is 0 Å². The molecule has 1 heterocycles. The minimum absolute atomic E-state index is 0.495. The maximum atomic E-state index is 5.46. The summed E-state index contributed by atoms with van der Waals surface area (Å²) in [7, 11) is 1.64. The first-order chi connectivity index (χ1) is 12.3. The Bertz CT molecular complexity index is 630. The lowest BCUT2D eigenvalue weighted by atomic mass is 10.2. The molecule has 0 aliphatic heterocycles. The lowest BCUT2D eigenvalue weighted by Gasteiger charge is -2.11. The molecule has 0 fully saturated rings. The fourth-order valence-corrected chi connectivity index (χ4v) is 2.11. The molecule has 0 saturated heterocycles. The van der Waals surface area contributed by atoms with Crippen LogP contribution in [0.3, 0.4) is 0 Å². The van der Waals surface area contributed by atoms with Gasteiger partial charge in [0.15, 0.2) is 5.96 Å². The highest BCUT2D eigenvalue weighted by atomic mass is 16.5. The van der Waals surface area contributed by atoms with E-state index in [9.17, 15) is 0 Å². The van der Waals surface area contributed by atoms with E-state index in [-0.39, 0.29) is 0 Å². The van der Waals surface area contributed by atoms with Gasteiger partial charge < -0.3 is 20.1 Å². The van der Waals surface area contributed by atoms with Crippen molar-refractivity contribution in [2.75, 3.05) is 26.9 Å². The number of methoxy groups -OCH3 is 1. The van der Waals surface area contributed by atoms with Gasteiger partial charge in [0.2, 0.25) is 5.88 Å². The van der Waals surface area contributed by atoms with Gasteiger partial charge in [-0.1, -0.05) is 36.4 Å². The van der Waals surface area contributed by atoms with Gasteiger partial charge in [-0.15, -0.1) is 0 Å². The Hall–Kier alpha value is -2.60. The van der Waals surface area contributed by atoms with E-state index >= 15 is 0 Å². The first kappa shape index (κ1) is 18.7. The fourth-order valence-electron chi connectivity index (χ4n) is 2.11. The molecule has 0 aliphatic rings. The van der Waals surface area contributed by atoms with Crippen LogP contribution in [0.2, 0.25) is 0 Å². The Balaban J connectivity index is 1.87. The van der Waals surface area contributed by atoms with E-state index in [2.05, 4.69) is 32.7 Å². The molecule has 2 aromatic rings. The highest BCUT2D eigenvalue weighted by Crippen LogP contribution is 2.08. The SMILES string of the molecule is CCNC(=NCc1ccc(OCCOC)nc1)NCc1ccccc1. The second-order valence-electron chi connectivity index (χ2n) is 5.38. The molecule has 2 rings (SSSR count). The van der Waals surface area contributed by atoms with Crippen LogP contribution in [0.4, 0.5) is 0 Å². The van der Waals surface area contributed by atoms with Crippen LogP contribution in [0.25, 0.3) is 0 Å². The van der Waals surface area contributed by atoms with Crippen molar-refractivity contribution >= 4 is 5.96 Å². The third kappa shape index (κ3) is 7.22. The standard InChI is InChI=1S/C19H26N4O2/c1-3-20-19(22-13-16-7-5-4-6-8-16)23-15-17-9-10-18(21-14-17)25-12-11-24-2/h4-10,14H,3,11-13,15H2,1-2H3,(H2,20,22,23). The number of aromatic nitrogens is 1. The molecule has 25 heavy (non-hydrogen) atoms. The minimum Gasteiger partial charge on any atom is -0.475 e. The van der Waals surface area contributed by atoms with Crippen LogP contribution < -0.4 is 15.4 Å². The Morgan fingerprint density at radius 1 is 1.04 bits per heavy atom. The van der Waals surface area contributed by atoms with Crippen molar-refractivity contribution in [3.05, 3.63) is 59.8 Å². The number of ether oxygens (including phenoxy) is 2. The average molecular weight is 342 g/mol. The predicted octanol–water partition coefficient (Wildman–Crippen LogP) is 2.36. The summed E-state index contributed by atoms with van der Waals surface area (Å²) in [6.45, 7) is 5.19. The number of nitrogens with one attached hydrogen (secondary N) is 2. The van der Waals surface area contributed by atoms with E-state index in [1.54, 1.807) is 13.3 Å². The average Bonchev–Trinajstić information content (AvgIpc) is 2.66. The summed E-state index contributed by atoms with van der Waals surface area (Å²) in [4.78, 5) is 8.88. The third-order valence-electron chi connectivity index (χ3n) is 3.40. The fraction of sp³-hybridized carbons (Fsp3) is 0.368. The lowest BCUT2D eigenvalue weighted by Crippen LogP contribution is -2.36. The van der Waals surface area contributed by atoms with E-state index in [1.807, 2.05) is 37.3 Å². The summed E-state index contributed by atoms with van der Waals surface area (Å²) in [6.07, 6.45) is 1.78. The van der Waals surface area contributed by atoms with Crippen molar-refractivity contribution in [1.82, 2.24) is 15.6 Å². The van der Waals surface area contributed by atoms with Gasteiger partial charge in [-0.25, -0.2) is 9.98 Å². The number of rotatable bonds is 9. The molecule has 1 aromatic carbocycles. The maximum absolute atomic E-state index is 5.46. The maximum Gasteiger partial charge on any atom is 0.213 e. The number of nitrogens with zero attached hydrogens (tertiary/aromatic N) is 2. The summed E-state index contributed by atoms with van der Waals surface area (Å²) in [5, 5.41) is 6.58. The second kappa shape index (κ2) is 11.0. The van der Waals surface area contributed by atoms with Gasteiger partial charge in [0.1, 0.15) is 6.61 Å². The molecule has 1 aromatic heterocycles. The summed E-state index contributed by atoms with van der Waals surface area (Å²) in [6, 6.07) is 14.1. The van der Waals surface area contributed by atoms with Crippen molar-refractivity contribution in [3.8, 4) is 5.88 Å². The van der Waals surface area contributed by atoms with Crippen LogP contribution in [0.5, 0.6) is 5.88 Å². The van der Waals surface area contributed by atoms with Gasteiger partial charge >= 0.3 is 0 Å². The molecule has 0 amide bonds. The second-order valence-corrected chi connectivity index (χ2v) is 5.38. The normalized spacial score (nSPS) is 11.2. The van der Waals surface area contributed by atoms with Crippen molar-refractivity contribution in [2.45, 2.75) is 20.0 Å². The van der Waals surface area contributed by atoms with E-state index in [1.165, 1.54) is 5.56 Å². The molecular weight excluding hydrogens is 316 g/mol. The monoisotopic (exact) mass is 342 g/mol. The first-order valence-electron chi connectivity index (χ1n) is 8.44. The predicted molar refractivity (Wildman–Crippen MR) is 99.7 cm³/mol. The summed E-state index contributed by atoms with van der Waals surface area (Å²) in [5.41, 5.74) is 2.24. The zero-order valence-electron chi connectivity index (χ0n) is 14.9. The molecular formula is C19H26N4O2. The van der Waals surface area contributed by atoms with E-state index in [0.717, 1.165) is 24.6 Å². The molecule has 6 nitrogen and oxygen atoms in total. The molecule has 0 unspecified atom stereocenters. The van der Waals surface area contributed by atoms with Gasteiger partial charge in [-0.05, 0) is 18.1 Å². The number of hydrogen-bond acceptors (Lipinski definition) is 4. The Kier molecular flexibility index (Phi) is 8.27. The molecule has 0 radical (unpaired) electrons. The molecule has 0 spiro atoms. The summed E-state index contributed by atoms with van der Waals surface area (Å²) < 4.78 is 10.4. The van der Waals surface area contributed by atoms with E-state index < -0.39 is 0 Å². The number of hydrogen-bond donors (Lipinski definition) is 2. The lowest BCUT2D eigenvalue weighted by molar-refractivity contribution is 0.143. The van der Waals surface area contributed by atoms with Crippen LogP contribution in [0.1, 0.15) is 18.1 Å². The molecule has 134 valence electrons. The van der Waals surface area contributed by atoms with E-state index in [0.29, 0.717) is 25.6 Å². The molecule has 0 bridgehead atoms. The van der Waals surface area contributed by atoms with Crippen LogP contribution in [0.15, 0.2) is 53.7 Å². The quantitative estimate of drug-likeness (QED) is 0.416. The first-order valence-corrected chi connectivity index (χ1v) is 8.44. The number of benzene rings is 1. The largest absolute Gasteiger partial charge is 0.475 e. The minimum atomic E-state index is 0.495. The molecule has 0 atom stereocenters. The van der Waals surface area contributed by atoms with Gasteiger partial charge in [-0.2, -0.15) is 0 Å². The van der Waals surface area contributed by atoms with Crippen molar-refractivity contribution in [3.63, 3.8) is 0 Å². The summed E-state index contributed by atoms with van der Waals surface area (Å²) >= 11 is 0. The van der Waals surface area contributed by atoms with Gasteiger partial charge in [0.05, 0.1) is 13.2 Å². The zero-order valence-corrected chi connectivity index (χ0v) is 14.9. The Morgan fingerprint density at radius 2 is 1.88 bits per heavy atom.